The Morgan fingerprint density at radius 3 is 2.65 bits per heavy atom. The van der Waals surface area contributed by atoms with E-state index in [4.69, 9.17) is 0 Å². The molecule has 0 bridgehead atoms. The molecule has 0 saturated heterocycles. The standard InChI is InChI=1S/C18H19N5O2S/c1-13(14-5-3-2-4-6-14)11-19-17(25)12-26-18-20-21-22-23(18)15-7-9-16(24)10-8-15/h2-10,13,24H,11-12H2,1H3,(H,19,25)/t13-/m1/s1. The van der Waals surface area contributed by atoms with Gasteiger partial charge in [-0.15, -0.1) is 5.10 Å². The Bertz CT molecular complexity index is 852. The monoisotopic (exact) mass is 369 g/mol. The second-order valence-corrected chi connectivity index (χ2v) is 6.74. The van der Waals surface area contributed by atoms with E-state index >= 15 is 0 Å². The maximum atomic E-state index is 12.1. The van der Waals surface area contributed by atoms with E-state index in [0.717, 1.165) is 0 Å². The molecule has 0 unspecified atom stereocenters. The zero-order valence-electron chi connectivity index (χ0n) is 14.2. The Hall–Kier alpha value is -2.87. The number of hydrogen-bond donors (Lipinski definition) is 2. The van der Waals surface area contributed by atoms with Gasteiger partial charge in [-0.25, -0.2) is 0 Å². The van der Waals surface area contributed by atoms with Crippen molar-refractivity contribution < 1.29 is 9.90 Å². The van der Waals surface area contributed by atoms with Crippen LogP contribution in [-0.2, 0) is 4.79 Å². The van der Waals surface area contributed by atoms with Crippen molar-refractivity contribution in [3.05, 3.63) is 60.2 Å². The van der Waals surface area contributed by atoms with E-state index < -0.39 is 0 Å². The Morgan fingerprint density at radius 2 is 1.92 bits per heavy atom. The van der Waals surface area contributed by atoms with E-state index in [9.17, 15) is 9.90 Å². The number of hydrogen-bond acceptors (Lipinski definition) is 6. The number of thioether (sulfide) groups is 1. The van der Waals surface area contributed by atoms with Crippen LogP contribution in [0.15, 0.2) is 59.8 Å². The molecule has 0 aliphatic heterocycles. The van der Waals surface area contributed by atoms with E-state index in [1.54, 1.807) is 24.3 Å². The van der Waals surface area contributed by atoms with Crippen LogP contribution in [0.3, 0.4) is 0 Å². The van der Waals surface area contributed by atoms with Crippen molar-refractivity contribution >= 4 is 17.7 Å². The number of amides is 1. The van der Waals surface area contributed by atoms with Crippen LogP contribution < -0.4 is 5.32 Å². The van der Waals surface area contributed by atoms with Gasteiger partial charge in [-0.2, -0.15) is 4.68 Å². The summed E-state index contributed by atoms with van der Waals surface area (Å²) in [5, 5.41) is 24.4. The summed E-state index contributed by atoms with van der Waals surface area (Å²) in [6, 6.07) is 16.6. The molecule has 1 atom stereocenters. The number of carbonyl (C=O) groups is 1. The summed E-state index contributed by atoms with van der Waals surface area (Å²) >= 11 is 1.26. The first kappa shape index (κ1) is 17.9. The van der Waals surface area contributed by atoms with Gasteiger partial charge in [0.05, 0.1) is 11.4 Å². The van der Waals surface area contributed by atoms with Gasteiger partial charge in [0, 0.05) is 6.54 Å². The summed E-state index contributed by atoms with van der Waals surface area (Å²) in [5.74, 6) is 0.563. The Morgan fingerprint density at radius 1 is 1.19 bits per heavy atom. The summed E-state index contributed by atoms with van der Waals surface area (Å²) < 4.78 is 1.53. The molecule has 0 aliphatic carbocycles. The first-order chi connectivity index (χ1) is 12.6. The van der Waals surface area contributed by atoms with Crippen molar-refractivity contribution in [2.75, 3.05) is 12.3 Å². The highest BCUT2D eigenvalue weighted by molar-refractivity contribution is 7.99. The molecule has 3 aromatic rings. The SMILES string of the molecule is C[C@H](CNC(=O)CSc1nnnn1-c1ccc(O)cc1)c1ccccc1. The highest BCUT2D eigenvalue weighted by Gasteiger charge is 2.12. The quantitative estimate of drug-likeness (QED) is 0.621. The van der Waals surface area contributed by atoms with Crippen LogP contribution in [-0.4, -0.2) is 43.5 Å². The Kier molecular flexibility index (Phi) is 5.85. The third kappa shape index (κ3) is 4.60. The Labute approximate surface area is 155 Å². The number of benzene rings is 2. The average Bonchev–Trinajstić information content (AvgIpc) is 3.14. The van der Waals surface area contributed by atoms with Crippen molar-refractivity contribution in [1.82, 2.24) is 25.5 Å². The predicted octanol–water partition coefficient (Wildman–Crippen LogP) is 2.38. The van der Waals surface area contributed by atoms with Crippen LogP contribution in [0.4, 0.5) is 0 Å². The molecule has 0 fully saturated rings. The molecular formula is C18H19N5O2S. The second kappa shape index (κ2) is 8.48. The van der Waals surface area contributed by atoms with Crippen LogP contribution in [0, 0.1) is 0 Å². The first-order valence-corrected chi connectivity index (χ1v) is 9.14. The molecular weight excluding hydrogens is 350 g/mol. The number of nitrogens with zero attached hydrogens (tertiary/aromatic N) is 4. The molecule has 0 spiro atoms. The average molecular weight is 369 g/mol. The number of tetrazole rings is 1. The number of carbonyl (C=O) groups excluding carboxylic acids is 1. The Balaban J connectivity index is 1.52. The van der Waals surface area contributed by atoms with Crippen LogP contribution in [0.5, 0.6) is 5.75 Å². The lowest BCUT2D eigenvalue weighted by Crippen LogP contribution is -2.29. The van der Waals surface area contributed by atoms with E-state index in [-0.39, 0.29) is 23.3 Å². The zero-order valence-corrected chi connectivity index (χ0v) is 15.1. The molecule has 2 aromatic carbocycles. The summed E-state index contributed by atoms with van der Waals surface area (Å²) in [6.45, 7) is 2.65. The minimum atomic E-state index is -0.0713. The van der Waals surface area contributed by atoms with Crippen molar-refractivity contribution in [3.63, 3.8) is 0 Å². The lowest BCUT2D eigenvalue weighted by Gasteiger charge is -2.12. The number of phenolic OH excluding ortho intramolecular Hbond substituents is 1. The minimum absolute atomic E-state index is 0.0713. The lowest BCUT2D eigenvalue weighted by atomic mass is 10.0. The normalized spacial score (nSPS) is 11.9. The minimum Gasteiger partial charge on any atom is -0.508 e. The number of aromatic nitrogens is 4. The second-order valence-electron chi connectivity index (χ2n) is 5.79. The van der Waals surface area contributed by atoms with E-state index in [1.807, 2.05) is 18.2 Å². The fourth-order valence-corrected chi connectivity index (χ4v) is 3.09. The molecule has 8 heteroatoms. The van der Waals surface area contributed by atoms with Gasteiger partial charge < -0.3 is 10.4 Å². The van der Waals surface area contributed by atoms with Gasteiger partial charge in [-0.1, -0.05) is 49.0 Å². The highest BCUT2D eigenvalue weighted by atomic mass is 32.2. The molecule has 1 aromatic heterocycles. The van der Waals surface area contributed by atoms with E-state index in [0.29, 0.717) is 17.4 Å². The molecule has 0 radical (unpaired) electrons. The van der Waals surface area contributed by atoms with Gasteiger partial charge >= 0.3 is 0 Å². The van der Waals surface area contributed by atoms with Crippen molar-refractivity contribution in [2.24, 2.45) is 0 Å². The zero-order chi connectivity index (χ0) is 18.4. The molecule has 134 valence electrons. The molecule has 2 N–H and O–H groups in total. The maximum absolute atomic E-state index is 12.1. The van der Waals surface area contributed by atoms with Gasteiger partial charge in [0.15, 0.2) is 0 Å². The van der Waals surface area contributed by atoms with Gasteiger partial charge in [-0.05, 0) is 46.2 Å². The largest absolute Gasteiger partial charge is 0.508 e. The van der Waals surface area contributed by atoms with Crippen LogP contribution in [0.25, 0.3) is 5.69 Å². The third-order valence-electron chi connectivity index (χ3n) is 3.84. The van der Waals surface area contributed by atoms with E-state index in [1.165, 1.54) is 22.0 Å². The van der Waals surface area contributed by atoms with Gasteiger partial charge in [0.2, 0.25) is 11.1 Å². The molecule has 0 aliphatic rings. The van der Waals surface area contributed by atoms with Gasteiger partial charge in [-0.3, -0.25) is 4.79 Å². The number of rotatable bonds is 7. The summed E-state index contributed by atoms with van der Waals surface area (Å²) in [6.07, 6.45) is 0. The third-order valence-corrected chi connectivity index (χ3v) is 4.76. The molecule has 26 heavy (non-hydrogen) atoms. The van der Waals surface area contributed by atoms with Crippen molar-refractivity contribution in [2.45, 2.75) is 18.0 Å². The smallest absolute Gasteiger partial charge is 0.230 e. The number of phenols is 1. The predicted molar refractivity (Wildman–Crippen MR) is 99.4 cm³/mol. The summed E-state index contributed by atoms with van der Waals surface area (Å²) in [7, 11) is 0. The molecule has 7 nitrogen and oxygen atoms in total. The van der Waals surface area contributed by atoms with Crippen LogP contribution >= 0.6 is 11.8 Å². The number of nitrogens with one attached hydrogen (secondary N) is 1. The first-order valence-electron chi connectivity index (χ1n) is 8.15. The molecule has 1 heterocycles. The van der Waals surface area contributed by atoms with Crippen LogP contribution in [0.2, 0.25) is 0 Å². The fourth-order valence-electron chi connectivity index (χ4n) is 2.37. The molecule has 1 amide bonds. The van der Waals surface area contributed by atoms with Crippen molar-refractivity contribution in [1.29, 1.82) is 0 Å². The van der Waals surface area contributed by atoms with Crippen LogP contribution in [0.1, 0.15) is 18.4 Å². The molecule has 3 rings (SSSR count). The van der Waals surface area contributed by atoms with Gasteiger partial charge in [0.1, 0.15) is 5.75 Å². The van der Waals surface area contributed by atoms with Gasteiger partial charge in [0.25, 0.3) is 0 Å². The highest BCUT2D eigenvalue weighted by Crippen LogP contribution is 2.20. The maximum Gasteiger partial charge on any atom is 0.230 e. The summed E-state index contributed by atoms with van der Waals surface area (Å²) in [5.41, 5.74) is 1.91. The fraction of sp³-hybridized carbons (Fsp3) is 0.222. The lowest BCUT2D eigenvalue weighted by molar-refractivity contribution is -0.118. The number of aromatic hydroxyl groups is 1. The topological polar surface area (TPSA) is 92.9 Å². The molecule has 0 saturated carbocycles. The van der Waals surface area contributed by atoms with E-state index in [2.05, 4.69) is 39.9 Å². The van der Waals surface area contributed by atoms with Crippen molar-refractivity contribution in [3.8, 4) is 11.4 Å². The summed E-state index contributed by atoms with van der Waals surface area (Å²) in [4.78, 5) is 12.1.